The van der Waals surface area contributed by atoms with Crippen LogP contribution in [0.3, 0.4) is 0 Å². The van der Waals surface area contributed by atoms with E-state index in [9.17, 15) is 19.2 Å². The Morgan fingerprint density at radius 2 is 1.77 bits per heavy atom. The molecule has 2 amide bonds. The Hall–Kier alpha value is -3.89. The van der Waals surface area contributed by atoms with Crippen LogP contribution < -0.4 is 10.2 Å². The van der Waals surface area contributed by atoms with Gasteiger partial charge in [-0.15, -0.1) is 0 Å². The maximum atomic E-state index is 13.4. The smallest absolute Gasteiger partial charge is 0.357 e. The molecule has 0 bridgehead atoms. The molecule has 1 saturated heterocycles. The number of para-hydroxylation sites is 1. The van der Waals surface area contributed by atoms with Crippen LogP contribution in [0.1, 0.15) is 25.3 Å². The zero-order valence-corrected chi connectivity index (χ0v) is 20.3. The van der Waals surface area contributed by atoms with Crippen molar-refractivity contribution in [1.29, 1.82) is 0 Å². The molecule has 0 aromatic heterocycles. The van der Waals surface area contributed by atoms with Crippen LogP contribution in [0.2, 0.25) is 0 Å². The van der Waals surface area contributed by atoms with E-state index in [0.717, 1.165) is 11.3 Å². The van der Waals surface area contributed by atoms with Crippen molar-refractivity contribution in [2.75, 3.05) is 39.8 Å². The zero-order chi connectivity index (χ0) is 25.5. The Labute approximate surface area is 202 Å². The fourth-order valence-corrected chi connectivity index (χ4v) is 5.43. The largest absolute Gasteiger partial charge is 0.467 e. The standard InChI is InChI=1S/C24H28N4O7/c1-6-11-25-23(32)28-15(19(29)33-3)12-24-13-9-7-8-10-14(13)27(2)18(24)16(20(30)34-4)17(21(31)35-5)26-22(24)28/h7-10,15,18H,6,11-12H2,1-5H3,(H,25,32)/t15-,18-,24-/m0/s1. The molecule has 3 aliphatic heterocycles. The summed E-state index contributed by atoms with van der Waals surface area (Å²) in [7, 11) is 5.42. The lowest BCUT2D eigenvalue weighted by molar-refractivity contribution is -0.144. The highest BCUT2D eigenvalue weighted by molar-refractivity contribution is 6.17. The fourth-order valence-electron chi connectivity index (χ4n) is 5.43. The van der Waals surface area contributed by atoms with Crippen LogP contribution in [-0.2, 0) is 34.0 Å². The second-order valence-corrected chi connectivity index (χ2v) is 8.53. The van der Waals surface area contributed by atoms with Gasteiger partial charge in [-0.25, -0.2) is 24.2 Å². The number of anilines is 1. The second-order valence-electron chi connectivity index (χ2n) is 8.53. The monoisotopic (exact) mass is 484 g/mol. The lowest BCUT2D eigenvalue weighted by atomic mass is 9.69. The summed E-state index contributed by atoms with van der Waals surface area (Å²) in [6.45, 7) is 2.27. The van der Waals surface area contributed by atoms with Gasteiger partial charge in [0.15, 0.2) is 5.70 Å². The topological polar surface area (TPSA) is 127 Å². The molecule has 11 nitrogen and oxygen atoms in total. The van der Waals surface area contributed by atoms with E-state index in [1.165, 1.54) is 26.2 Å². The van der Waals surface area contributed by atoms with Gasteiger partial charge in [-0.1, -0.05) is 25.1 Å². The molecule has 0 radical (unpaired) electrons. The van der Waals surface area contributed by atoms with Gasteiger partial charge in [0.1, 0.15) is 11.9 Å². The Morgan fingerprint density at radius 3 is 2.40 bits per heavy atom. The first-order valence-corrected chi connectivity index (χ1v) is 11.3. The summed E-state index contributed by atoms with van der Waals surface area (Å²) in [5, 5.41) is 2.79. The number of fused-ring (bicyclic) bond motifs is 1. The summed E-state index contributed by atoms with van der Waals surface area (Å²) in [5.41, 5.74) is 0.178. The molecule has 3 atom stereocenters. The van der Waals surface area contributed by atoms with Gasteiger partial charge in [0.2, 0.25) is 0 Å². The van der Waals surface area contributed by atoms with E-state index in [4.69, 9.17) is 14.2 Å². The van der Waals surface area contributed by atoms with Crippen molar-refractivity contribution in [3.63, 3.8) is 0 Å². The molecule has 4 rings (SSSR count). The number of aliphatic imine (C=N–C) groups is 1. The third-order valence-electron chi connectivity index (χ3n) is 6.82. The summed E-state index contributed by atoms with van der Waals surface area (Å²) in [6.07, 6.45) is 0.771. The van der Waals surface area contributed by atoms with Crippen molar-refractivity contribution >= 4 is 35.5 Å². The molecule has 1 spiro atoms. The molecule has 11 heteroatoms. The number of nitrogens with zero attached hydrogens (tertiary/aromatic N) is 3. The number of ether oxygens (including phenoxy) is 3. The van der Waals surface area contributed by atoms with Crippen LogP contribution in [0.4, 0.5) is 10.5 Å². The zero-order valence-electron chi connectivity index (χ0n) is 20.3. The van der Waals surface area contributed by atoms with Gasteiger partial charge >= 0.3 is 23.9 Å². The molecular formula is C24H28N4O7. The van der Waals surface area contributed by atoms with Crippen molar-refractivity contribution in [2.24, 2.45) is 4.99 Å². The maximum Gasteiger partial charge on any atom is 0.357 e. The predicted octanol–water partition coefficient (Wildman–Crippen LogP) is 1.12. The first kappa shape index (κ1) is 24.2. The summed E-state index contributed by atoms with van der Waals surface area (Å²) >= 11 is 0. The third-order valence-corrected chi connectivity index (χ3v) is 6.82. The number of nitrogens with one attached hydrogen (secondary N) is 1. The molecule has 186 valence electrons. The normalized spacial score (nSPS) is 24.2. The predicted molar refractivity (Wildman–Crippen MR) is 125 cm³/mol. The van der Waals surface area contributed by atoms with Crippen LogP contribution >= 0.6 is 0 Å². The molecule has 0 unspecified atom stereocenters. The Balaban J connectivity index is 2.05. The minimum Gasteiger partial charge on any atom is -0.467 e. The van der Waals surface area contributed by atoms with Gasteiger partial charge in [0.05, 0.1) is 38.4 Å². The number of carbonyl (C=O) groups excluding carboxylic acids is 4. The molecule has 1 N–H and O–H groups in total. The highest BCUT2D eigenvalue weighted by atomic mass is 16.5. The van der Waals surface area contributed by atoms with E-state index < -0.39 is 41.4 Å². The number of esters is 3. The molecule has 3 aliphatic rings. The molecule has 3 heterocycles. The minimum atomic E-state index is -1.10. The van der Waals surface area contributed by atoms with Crippen LogP contribution in [0.5, 0.6) is 0 Å². The summed E-state index contributed by atoms with van der Waals surface area (Å²) in [6, 6.07) is 5.07. The Morgan fingerprint density at radius 1 is 1.09 bits per heavy atom. The molecule has 0 saturated carbocycles. The number of hydrogen-bond acceptors (Lipinski definition) is 9. The molecule has 0 aliphatic carbocycles. The van der Waals surface area contributed by atoms with E-state index in [-0.39, 0.29) is 23.5 Å². The molecule has 1 aromatic rings. The number of likely N-dealkylation sites (tertiary alicyclic amines) is 1. The van der Waals surface area contributed by atoms with Crippen LogP contribution in [0, 0.1) is 0 Å². The Bertz CT molecular complexity index is 1160. The van der Waals surface area contributed by atoms with Gasteiger partial charge < -0.3 is 24.4 Å². The third kappa shape index (κ3) is 3.36. The van der Waals surface area contributed by atoms with E-state index in [2.05, 4.69) is 10.3 Å². The summed E-state index contributed by atoms with van der Waals surface area (Å²) in [4.78, 5) is 59.9. The first-order valence-electron chi connectivity index (χ1n) is 11.3. The van der Waals surface area contributed by atoms with E-state index in [1.54, 1.807) is 7.05 Å². The number of benzene rings is 1. The Kier molecular flexibility index (Phi) is 6.27. The van der Waals surface area contributed by atoms with E-state index in [1.807, 2.05) is 36.1 Å². The second kappa shape index (κ2) is 9.05. The highest BCUT2D eigenvalue weighted by Gasteiger charge is 2.67. The number of methoxy groups -OCH3 is 3. The van der Waals surface area contributed by atoms with Crippen molar-refractivity contribution in [3.05, 3.63) is 41.1 Å². The van der Waals surface area contributed by atoms with Crippen molar-refractivity contribution in [3.8, 4) is 0 Å². The number of rotatable bonds is 5. The molecular weight excluding hydrogens is 456 g/mol. The SMILES string of the molecule is CCCNC(=O)N1C2=NC(C(=O)OC)=C(C(=O)OC)[C@@H]3N(C)c4ccccc4[C@]23C[C@H]1C(=O)OC. The van der Waals surface area contributed by atoms with Crippen LogP contribution in [0.25, 0.3) is 0 Å². The number of amides is 2. The van der Waals surface area contributed by atoms with Crippen LogP contribution in [-0.4, -0.2) is 81.7 Å². The number of urea groups is 1. The van der Waals surface area contributed by atoms with Crippen molar-refractivity contribution in [1.82, 2.24) is 10.2 Å². The molecule has 1 fully saturated rings. The number of hydrogen-bond donors (Lipinski definition) is 1. The van der Waals surface area contributed by atoms with Crippen molar-refractivity contribution in [2.45, 2.75) is 37.3 Å². The lowest BCUT2D eigenvalue weighted by Gasteiger charge is -2.39. The van der Waals surface area contributed by atoms with E-state index in [0.29, 0.717) is 13.0 Å². The van der Waals surface area contributed by atoms with Crippen molar-refractivity contribution < 1.29 is 33.4 Å². The summed E-state index contributed by atoms with van der Waals surface area (Å²) in [5.74, 6) is -2.06. The first-order chi connectivity index (χ1) is 16.8. The van der Waals surface area contributed by atoms with Gasteiger partial charge in [0.25, 0.3) is 0 Å². The van der Waals surface area contributed by atoms with Crippen LogP contribution in [0.15, 0.2) is 40.5 Å². The number of likely N-dealkylation sites (N-methyl/N-ethyl adjacent to an activating group) is 1. The number of amidine groups is 1. The minimum absolute atomic E-state index is 0.00114. The fraction of sp³-hybridized carbons (Fsp3) is 0.458. The average molecular weight is 485 g/mol. The van der Waals surface area contributed by atoms with E-state index >= 15 is 0 Å². The molecule has 35 heavy (non-hydrogen) atoms. The highest BCUT2D eigenvalue weighted by Crippen LogP contribution is 2.57. The average Bonchev–Trinajstić information content (AvgIpc) is 3.36. The quantitative estimate of drug-likeness (QED) is 0.487. The van der Waals surface area contributed by atoms with Gasteiger partial charge in [0, 0.05) is 19.3 Å². The van der Waals surface area contributed by atoms with Gasteiger partial charge in [-0.3, -0.25) is 4.90 Å². The van der Waals surface area contributed by atoms with Gasteiger partial charge in [-0.05, 0) is 24.5 Å². The number of carbonyl (C=O) groups is 4. The van der Waals surface area contributed by atoms with Gasteiger partial charge in [-0.2, -0.15) is 0 Å². The summed E-state index contributed by atoms with van der Waals surface area (Å²) < 4.78 is 15.0. The maximum absolute atomic E-state index is 13.4. The lowest BCUT2D eigenvalue weighted by Crippen LogP contribution is -2.56. The molecule has 1 aromatic carbocycles.